The van der Waals surface area contributed by atoms with Crippen molar-refractivity contribution in [3.63, 3.8) is 0 Å². The maximum absolute atomic E-state index is 12.9. The Hall–Kier alpha value is -1.67. The number of likely N-dealkylation sites (N-methyl/N-ethyl adjacent to an activating group) is 1. The molecular formula is C65H129N3O5. The Labute approximate surface area is 456 Å². The minimum Gasteiger partial charge on any atom is -0.465 e. The molecule has 0 bridgehead atoms. The molecule has 0 saturated carbocycles. The van der Waals surface area contributed by atoms with Gasteiger partial charge >= 0.3 is 11.9 Å². The molecule has 0 aromatic heterocycles. The number of unbranched alkanes of at least 4 members (excludes halogenated alkanes) is 31. The van der Waals surface area contributed by atoms with Crippen molar-refractivity contribution in [1.82, 2.24) is 15.1 Å². The molecule has 0 radical (unpaired) electrons. The fraction of sp³-hybridized carbons (Fsp3) is 0.954. The summed E-state index contributed by atoms with van der Waals surface area (Å²) in [7, 11) is 2.24. The van der Waals surface area contributed by atoms with Crippen molar-refractivity contribution in [1.29, 1.82) is 0 Å². The molecule has 0 spiro atoms. The van der Waals surface area contributed by atoms with E-state index in [4.69, 9.17) is 9.47 Å². The molecule has 0 rings (SSSR count). The number of ether oxygens (including phenoxy) is 2. The molecule has 0 heterocycles. The van der Waals surface area contributed by atoms with Crippen molar-refractivity contribution in [3.05, 3.63) is 0 Å². The number of rotatable bonds is 60. The number of carbonyl (C=O) groups is 3. The number of amides is 1. The molecule has 0 aliphatic carbocycles. The van der Waals surface area contributed by atoms with Crippen LogP contribution in [0.25, 0.3) is 0 Å². The van der Waals surface area contributed by atoms with Gasteiger partial charge in [-0.2, -0.15) is 0 Å². The lowest BCUT2D eigenvalue weighted by atomic mass is 9.95. The predicted octanol–water partition coefficient (Wildman–Crippen LogP) is 18.7. The van der Waals surface area contributed by atoms with Crippen molar-refractivity contribution in [2.45, 2.75) is 330 Å². The van der Waals surface area contributed by atoms with E-state index in [-0.39, 0.29) is 17.8 Å². The Balaban J connectivity index is 4.86. The smallest absolute Gasteiger partial charge is 0.305 e. The first-order chi connectivity index (χ1) is 35.8. The molecule has 8 nitrogen and oxygen atoms in total. The van der Waals surface area contributed by atoms with E-state index in [1.54, 1.807) is 0 Å². The van der Waals surface area contributed by atoms with Gasteiger partial charge in [0.25, 0.3) is 0 Å². The van der Waals surface area contributed by atoms with Crippen molar-refractivity contribution < 1.29 is 23.9 Å². The molecule has 73 heavy (non-hydrogen) atoms. The lowest BCUT2D eigenvalue weighted by molar-refractivity contribution is -0.146. The van der Waals surface area contributed by atoms with Crippen LogP contribution in [0.1, 0.15) is 330 Å². The third-order valence-corrected chi connectivity index (χ3v) is 15.6. The van der Waals surface area contributed by atoms with Gasteiger partial charge in [-0.15, -0.1) is 0 Å². The Bertz CT molecular complexity index is 1100. The zero-order chi connectivity index (χ0) is 53.3. The lowest BCUT2D eigenvalue weighted by Crippen LogP contribution is -2.35. The highest BCUT2D eigenvalue weighted by molar-refractivity contribution is 5.75. The molecule has 0 aliphatic rings. The van der Waals surface area contributed by atoms with Crippen LogP contribution in [0.3, 0.4) is 0 Å². The average molecular weight is 1030 g/mol. The number of hydrogen-bond acceptors (Lipinski definition) is 7. The molecule has 434 valence electrons. The standard InChI is InChI=1S/C65H129N3O5/c1-7-12-17-22-25-26-27-28-31-42-53-66-63(69)50-39-32-43-54-67(6)57-58-68(55-44-33-40-51-64(70)72-59-61(46-35-20-15-10-4)48-37-29-23-18-13-8-2)56-45-34-41-52-65(71)73-60-62(47-36-21-16-11-5)49-38-30-24-19-14-9-3/h61-62H,7-60H2,1-6H3,(H,66,69). The normalized spacial score (nSPS) is 12.5. The van der Waals surface area contributed by atoms with Gasteiger partial charge in [0.2, 0.25) is 5.91 Å². The zero-order valence-electron chi connectivity index (χ0n) is 50.3. The summed E-state index contributed by atoms with van der Waals surface area (Å²) in [6.07, 6.45) is 54.8. The predicted molar refractivity (Wildman–Crippen MR) is 317 cm³/mol. The van der Waals surface area contributed by atoms with Crippen LogP contribution in [0, 0.1) is 11.8 Å². The minimum atomic E-state index is -0.0104. The van der Waals surface area contributed by atoms with Crippen LogP contribution < -0.4 is 5.32 Å². The van der Waals surface area contributed by atoms with Gasteiger partial charge in [-0.3, -0.25) is 14.4 Å². The van der Waals surface area contributed by atoms with Gasteiger partial charge < -0.3 is 24.6 Å². The molecule has 2 unspecified atom stereocenters. The van der Waals surface area contributed by atoms with E-state index in [0.717, 1.165) is 103 Å². The Morgan fingerprint density at radius 1 is 0.342 bits per heavy atom. The molecule has 1 amide bonds. The molecule has 0 saturated heterocycles. The molecular weight excluding hydrogens is 903 g/mol. The van der Waals surface area contributed by atoms with Gasteiger partial charge in [-0.25, -0.2) is 0 Å². The van der Waals surface area contributed by atoms with Gasteiger partial charge in [0, 0.05) is 38.9 Å². The first-order valence-corrected chi connectivity index (χ1v) is 32.8. The van der Waals surface area contributed by atoms with Crippen molar-refractivity contribution in [2.75, 3.05) is 59.5 Å². The summed E-state index contributed by atoms with van der Waals surface area (Å²) in [5.74, 6) is 1.22. The van der Waals surface area contributed by atoms with Crippen LogP contribution in [-0.2, 0) is 23.9 Å². The lowest BCUT2D eigenvalue weighted by Gasteiger charge is -2.25. The number of nitrogens with one attached hydrogen (secondary N) is 1. The fourth-order valence-electron chi connectivity index (χ4n) is 10.4. The van der Waals surface area contributed by atoms with E-state index in [1.807, 2.05) is 0 Å². The zero-order valence-corrected chi connectivity index (χ0v) is 50.3. The molecule has 0 aromatic carbocycles. The third-order valence-electron chi connectivity index (χ3n) is 15.6. The topological polar surface area (TPSA) is 88.2 Å². The van der Waals surface area contributed by atoms with Gasteiger partial charge in [-0.1, -0.05) is 240 Å². The highest BCUT2D eigenvalue weighted by atomic mass is 16.5. The summed E-state index contributed by atoms with van der Waals surface area (Å²) in [4.78, 5) is 43.3. The molecule has 2 atom stereocenters. The van der Waals surface area contributed by atoms with Crippen LogP contribution in [-0.4, -0.2) is 87.2 Å². The summed E-state index contributed by atoms with van der Waals surface area (Å²) in [5, 5.41) is 3.16. The van der Waals surface area contributed by atoms with Crippen LogP contribution >= 0.6 is 0 Å². The van der Waals surface area contributed by atoms with E-state index in [0.29, 0.717) is 44.3 Å². The van der Waals surface area contributed by atoms with Crippen LogP contribution in [0.5, 0.6) is 0 Å². The Morgan fingerprint density at radius 2 is 0.658 bits per heavy atom. The minimum absolute atomic E-state index is 0.0104. The van der Waals surface area contributed by atoms with E-state index in [1.165, 1.54) is 212 Å². The second kappa shape index (κ2) is 58.0. The number of nitrogens with zero attached hydrogens (tertiary/aromatic N) is 2. The molecule has 0 aromatic rings. The van der Waals surface area contributed by atoms with Crippen molar-refractivity contribution in [3.8, 4) is 0 Å². The highest BCUT2D eigenvalue weighted by Crippen LogP contribution is 2.22. The summed E-state index contributed by atoms with van der Waals surface area (Å²) >= 11 is 0. The summed E-state index contributed by atoms with van der Waals surface area (Å²) in [5.41, 5.74) is 0. The average Bonchev–Trinajstić information content (AvgIpc) is 3.39. The van der Waals surface area contributed by atoms with Gasteiger partial charge in [0.1, 0.15) is 0 Å². The van der Waals surface area contributed by atoms with Gasteiger partial charge in [0.05, 0.1) is 13.2 Å². The SMILES string of the molecule is CCCCCCCCCCCCNC(=O)CCCCCN(C)CCN(CCCCCC(=O)OCC(CCCCCC)CCCCCCCC)CCCCCC(=O)OCC(CCCCCC)CCCCCCCC. The third kappa shape index (κ3) is 53.5. The maximum Gasteiger partial charge on any atom is 0.305 e. The number of esters is 2. The van der Waals surface area contributed by atoms with Gasteiger partial charge in [-0.05, 0) is 109 Å². The second-order valence-corrected chi connectivity index (χ2v) is 23.0. The van der Waals surface area contributed by atoms with Gasteiger partial charge in [0.15, 0.2) is 0 Å². The monoisotopic (exact) mass is 1030 g/mol. The first kappa shape index (κ1) is 71.3. The second-order valence-electron chi connectivity index (χ2n) is 23.0. The van der Waals surface area contributed by atoms with E-state index < -0.39 is 0 Å². The quantitative estimate of drug-likeness (QED) is 0.0480. The Kier molecular flexibility index (Phi) is 56.7. The van der Waals surface area contributed by atoms with E-state index in [9.17, 15) is 14.4 Å². The molecule has 0 fully saturated rings. The summed E-state index contributed by atoms with van der Waals surface area (Å²) in [6, 6.07) is 0. The first-order valence-electron chi connectivity index (χ1n) is 32.8. The number of carbonyl (C=O) groups excluding carboxylic acids is 3. The Morgan fingerprint density at radius 3 is 1.05 bits per heavy atom. The maximum atomic E-state index is 12.9. The number of hydrogen-bond donors (Lipinski definition) is 1. The molecule has 8 heteroatoms. The largest absolute Gasteiger partial charge is 0.465 e. The van der Waals surface area contributed by atoms with Crippen molar-refractivity contribution in [2.24, 2.45) is 11.8 Å². The van der Waals surface area contributed by atoms with Crippen LogP contribution in [0.2, 0.25) is 0 Å². The van der Waals surface area contributed by atoms with Crippen molar-refractivity contribution >= 4 is 17.8 Å². The van der Waals surface area contributed by atoms with E-state index in [2.05, 4.69) is 56.8 Å². The van der Waals surface area contributed by atoms with E-state index >= 15 is 0 Å². The van der Waals surface area contributed by atoms with Crippen LogP contribution in [0.4, 0.5) is 0 Å². The fourth-order valence-corrected chi connectivity index (χ4v) is 10.4. The molecule has 1 N–H and O–H groups in total. The van der Waals surface area contributed by atoms with Crippen LogP contribution in [0.15, 0.2) is 0 Å². The highest BCUT2D eigenvalue weighted by Gasteiger charge is 2.15. The summed E-state index contributed by atoms with van der Waals surface area (Å²) < 4.78 is 11.8. The molecule has 0 aliphatic heterocycles. The summed E-state index contributed by atoms with van der Waals surface area (Å²) in [6.45, 7) is 18.6.